The van der Waals surface area contributed by atoms with E-state index in [0.29, 0.717) is 6.73 Å². The molecule has 0 fully saturated rings. The minimum absolute atomic E-state index is 0.176. The van der Waals surface area contributed by atoms with Crippen molar-refractivity contribution < 1.29 is 9.47 Å². The van der Waals surface area contributed by atoms with E-state index in [1.54, 1.807) is 0 Å². The fraction of sp³-hybridized carbons (Fsp3) is 0.562. The Morgan fingerprint density at radius 3 is 2.64 bits per heavy atom. The molecule has 0 aliphatic rings. The monoisotopic (exact) mass is 432 g/mol. The second-order valence-electron chi connectivity index (χ2n) is 6.98. The van der Waals surface area contributed by atoms with E-state index < -0.39 is 8.07 Å². The van der Waals surface area contributed by atoms with Crippen LogP contribution < -0.4 is 4.74 Å². The van der Waals surface area contributed by atoms with Crippen LogP contribution in [0.2, 0.25) is 25.7 Å². The zero-order valence-electron chi connectivity index (χ0n) is 14.0. The molecular formula is C16H25IN2O2Si. The van der Waals surface area contributed by atoms with Crippen LogP contribution in [0.15, 0.2) is 18.2 Å². The molecule has 1 aromatic heterocycles. The van der Waals surface area contributed by atoms with Gasteiger partial charge in [0.25, 0.3) is 0 Å². The summed E-state index contributed by atoms with van der Waals surface area (Å²) in [6, 6.07) is 7.29. The lowest BCUT2D eigenvalue weighted by Gasteiger charge is -2.15. The van der Waals surface area contributed by atoms with Crippen LogP contribution in [0.1, 0.15) is 13.8 Å². The van der Waals surface area contributed by atoms with Crippen LogP contribution in [0, 0.1) is 3.70 Å². The van der Waals surface area contributed by atoms with Crippen molar-refractivity contribution in [2.75, 3.05) is 6.61 Å². The van der Waals surface area contributed by atoms with Gasteiger partial charge in [0.2, 0.25) is 0 Å². The predicted octanol–water partition coefficient (Wildman–Crippen LogP) is 4.74. The second kappa shape index (κ2) is 7.31. The van der Waals surface area contributed by atoms with Crippen molar-refractivity contribution in [3.05, 3.63) is 21.9 Å². The van der Waals surface area contributed by atoms with Gasteiger partial charge in [0.05, 0.1) is 11.6 Å². The molecule has 6 heteroatoms. The first-order chi connectivity index (χ1) is 10.3. The molecule has 0 aliphatic heterocycles. The van der Waals surface area contributed by atoms with Gasteiger partial charge in [-0.2, -0.15) is 5.10 Å². The quantitative estimate of drug-likeness (QED) is 0.360. The summed E-state index contributed by atoms with van der Waals surface area (Å²) in [5, 5.41) is 5.70. The molecule has 0 amide bonds. The number of halogens is 1. The lowest BCUT2D eigenvalue weighted by Crippen LogP contribution is -2.22. The summed E-state index contributed by atoms with van der Waals surface area (Å²) in [6.45, 7) is 12.5. The maximum atomic E-state index is 5.81. The molecule has 0 radical (unpaired) electrons. The smallest absolute Gasteiger partial charge is 0.140 e. The highest BCUT2D eigenvalue weighted by Gasteiger charge is 2.13. The van der Waals surface area contributed by atoms with Crippen LogP contribution in [-0.4, -0.2) is 30.6 Å². The van der Waals surface area contributed by atoms with Crippen molar-refractivity contribution >= 4 is 41.6 Å². The van der Waals surface area contributed by atoms with Crippen LogP contribution in [0.5, 0.6) is 5.75 Å². The van der Waals surface area contributed by atoms with Gasteiger partial charge in [-0.05, 0) is 60.7 Å². The van der Waals surface area contributed by atoms with E-state index in [9.17, 15) is 0 Å². The Hall–Kier alpha value is -0.603. The minimum Gasteiger partial charge on any atom is -0.491 e. The Bertz CT molecular complexity index is 635. The fourth-order valence-corrected chi connectivity index (χ4v) is 3.54. The van der Waals surface area contributed by atoms with Gasteiger partial charge in [-0.15, -0.1) is 0 Å². The first-order valence-corrected chi connectivity index (χ1v) is 12.5. The summed E-state index contributed by atoms with van der Waals surface area (Å²) in [5.74, 6) is 0.889. The van der Waals surface area contributed by atoms with Crippen LogP contribution in [-0.2, 0) is 11.5 Å². The lowest BCUT2D eigenvalue weighted by atomic mass is 10.2. The Labute approximate surface area is 147 Å². The van der Waals surface area contributed by atoms with Gasteiger partial charge in [0.15, 0.2) is 0 Å². The van der Waals surface area contributed by atoms with E-state index in [4.69, 9.17) is 9.47 Å². The summed E-state index contributed by atoms with van der Waals surface area (Å²) in [6.07, 6.45) is 0.176. The molecule has 22 heavy (non-hydrogen) atoms. The molecular weight excluding hydrogens is 407 g/mol. The highest BCUT2D eigenvalue weighted by molar-refractivity contribution is 14.1. The van der Waals surface area contributed by atoms with E-state index in [-0.39, 0.29) is 6.10 Å². The molecule has 1 aromatic carbocycles. The number of ether oxygens (including phenoxy) is 2. The Kier molecular flexibility index (Phi) is 5.90. The number of rotatable bonds is 7. The largest absolute Gasteiger partial charge is 0.491 e. The van der Waals surface area contributed by atoms with Gasteiger partial charge in [0, 0.05) is 20.1 Å². The molecule has 0 aliphatic carbocycles. The van der Waals surface area contributed by atoms with Gasteiger partial charge in [0.1, 0.15) is 16.2 Å². The number of nitrogens with zero attached hydrogens (tertiary/aromatic N) is 2. The van der Waals surface area contributed by atoms with Crippen molar-refractivity contribution in [3.63, 3.8) is 0 Å². The summed E-state index contributed by atoms with van der Waals surface area (Å²) >= 11 is 2.27. The standard InChI is InChI=1S/C16H25IN2O2Si/c1-12(2)21-13-6-7-15-14(10-13)16(17)18-19(15)11-20-8-9-22(3,4)5/h6-7,10,12H,8-9,11H2,1-5H3. The Balaban J connectivity index is 2.08. The predicted molar refractivity (Wildman–Crippen MR) is 102 cm³/mol. The Morgan fingerprint density at radius 1 is 1.27 bits per heavy atom. The van der Waals surface area contributed by atoms with Gasteiger partial charge < -0.3 is 9.47 Å². The maximum Gasteiger partial charge on any atom is 0.140 e. The summed E-state index contributed by atoms with van der Waals surface area (Å²) < 4.78 is 14.5. The molecule has 0 saturated heterocycles. The summed E-state index contributed by atoms with van der Waals surface area (Å²) in [5.41, 5.74) is 1.09. The molecule has 0 N–H and O–H groups in total. The van der Waals surface area contributed by atoms with Gasteiger partial charge >= 0.3 is 0 Å². The van der Waals surface area contributed by atoms with Crippen molar-refractivity contribution in [2.45, 2.75) is 52.4 Å². The molecule has 2 aromatic rings. The number of aromatic nitrogens is 2. The molecule has 122 valence electrons. The molecule has 0 saturated carbocycles. The molecule has 0 bridgehead atoms. The topological polar surface area (TPSA) is 36.3 Å². The van der Waals surface area contributed by atoms with Gasteiger partial charge in [-0.25, -0.2) is 4.68 Å². The SMILES string of the molecule is CC(C)Oc1ccc2c(c1)c(I)nn2COCC[Si](C)(C)C. The number of hydrogen-bond acceptors (Lipinski definition) is 3. The molecule has 0 unspecified atom stereocenters. The highest BCUT2D eigenvalue weighted by Crippen LogP contribution is 2.26. The van der Waals surface area contributed by atoms with E-state index >= 15 is 0 Å². The normalized spacial score (nSPS) is 12.3. The number of benzene rings is 1. The average Bonchev–Trinajstić information content (AvgIpc) is 2.70. The van der Waals surface area contributed by atoms with Crippen LogP contribution >= 0.6 is 22.6 Å². The van der Waals surface area contributed by atoms with Crippen LogP contribution in [0.25, 0.3) is 10.9 Å². The lowest BCUT2D eigenvalue weighted by molar-refractivity contribution is 0.0814. The van der Waals surface area contributed by atoms with Crippen molar-refractivity contribution in [1.82, 2.24) is 9.78 Å². The van der Waals surface area contributed by atoms with E-state index in [0.717, 1.165) is 27.0 Å². The van der Waals surface area contributed by atoms with Crippen LogP contribution in [0.4, 0.5) is 0 Å². The number of hydrogen-bond donors (Lipinski definition) is 0. The first-order valence-electron chi connectivity index (χ1n) is 7.67. The maximum absolute atomic E-state index is 5.81. The molecule has 0 atom stereocenters. The molecule has 4 nitrogen and oxygen atoms in total. The third-order valence-electron chi connectivity index (χ3n) is 3.26. The van der Waals surface area contributed by atoms with E-state index in [2.05, 4.69) is 59.5 Å². The molecule has 1 heterocycles. The highest BCUT2D eigenvalue weighted by atomic mass is 127. The van der Waals surface area contributed by atoms with Gasteiger partial charge in [-0.3, -0.25) is 0 Å². The second-order valence-corrected chi connectivity index (χ2v) is 13.6. The molecule has 0 spiro atoms. The zero-order chi connectivity index (χ0) is 16.3. The summed E-state index contributed by atoms with van der Waals surface area (Å²) in [7, 11) is -1.04. The third kappa shape index (κ3) is 4.96. The average molecular weight is 432 g/mol. The van der Waals surface area contributed by atoms with Gasteiger partial charge in [-0.1, -0.05) is 19.6 Å². The fourth-order valence-electron chi connectivity index (χ4n) is 2.09. The summed E-state index contributed by atoms with van der Waals surface area (Å²) in [4.78, 5) is 0. The van der Waals surface area contributed by atoms with E-state index in [1.807, 2.05) is 24.6 Å². The first kappa shape index (κ1) is 17.7. The van der Waals surface area contributed by atoms with Crippen molar-refractivity contribution in [2.24, 2.45) is 0 Å². The number of fused-ring (bicyclic) bond motifs is 1. The minimum atomic E-state index is -1.04. The third-order valence-corrected chi connectivity index (χ3v) is 5.76. The van der Waals surface area contributed by atoms with Crippen LogP contribution in [0.3, 0.4) is 0 Å². The van der Waals surface area contributed by atoms with Crippen molar-refractivity contribution in [3.8, 4) is 5.75 Å². The Morgan fingerprint density at radius 2 is 2.00 bits per heavy atom. The molecule has 2 rings (SSSR count). The zero-order valence-corrected chi connectivity index (χ0v) is 17.2. The van der Waals surface area contributed by atoms with E-state index in [1.165, 1.54) is 6.04 Å². The van der Waals surface area contributed by atoms with Crippen molar-refractivity contribution in [1.29, 1.82) is 0 Å².